The van der Waals surface area contributed by atoms with Crippen molar-refractivity contribution < 1.29 is 4.74 Å². The molecule has 0 saturated carbocycles. The molecule has 3 aromatic rings. The normalized spacial score (nSPS) is 21.8. The Morgan fingerprint density at radius 3 is 2.83 bits per heavy atom. The van der Waals surface area contributed by atoms with E-state index in [-0.39, 0.29) is 6.04 Å². The molecule has 0 radical (unpaired) electrons. The Morgan fingerprint density at radius 2 is 1.97 bits per heavy atom. The predicted molar refractivity (Wildman–Crippen MR) is 111 cm³/mol. The number of anilines is 1. The van der Waals surface area contributed by atoms with E-state index in [1.165, 1.54) is 5.56 Å². The standard InChI is InChI=1S/C22H23N7O/c23-8-20-22(25-7-6-24-20)29-11-16-10-28(13-19(29)15-30-14-16)12-18-9-26-27-21(18)17-4-2-1-3-5-17/h1-7,9,16,19H,10-15H2,(H,26,27)/t16-,19-/m0/s1. The highest BCUT2D eigenvalue weighted by molar-refractivity contribution is 5.62. The summed E-state index contributed by atoms with van der Waals surface area (Å²) in [5.74, 6) is 0.994. The van der Waals surface area contributed by atoms with Crippen LogP contribution in [0.5, 0.6) is 0 Å². The highest BCUT2D eigenvalue weighted by Gasteiger charge is 2.35. The minimum atomic E-state index is 0.119. The Labute approximate surface area is 175 Å². The molecule has 1 N–H and O–H groups in total. The lowest BCUT2D eigenvalue weighted by Gasteiger charge is -2.32. The van der Waals surface area contributed by atoms with E-state index in [0.29, 0.717) is 30.6 Å². The molecule has 5 rings (SSSR count). The van der Waals surface area contributed by atoms with Gasteiger partial charge in [-0.05, 0) is 5.56 Å². The largest absolute Gasteiger partial charge is 0.379 e. The summed E-state index contributed by atoms with van der Waals surface area (Å²) in [5.41, 5.74) is 3.77. The maximum atomic E-state index is 9.49. The fraction of sp³-hybridized carbons (Fsp3) is 0.364. The monoisotopic (exact) mass is 401 g/mol. The number of ether oxygens (including phenoxy) is 1. The van der Waals surface area contributed by atoms with Crippen LogP contribution < -0.4 is 4.90 Å². The molecule has 8 heteroatoms. The topological polar surface area (TPSA) is 94.0 Å². The van der Waals surface area contributed by atoms with Gasteiger partial charge in [0.15, 0.2) is 11.5 Å². The number of nitrogens with one attached hydrogen (secondary N) is 1. The van der Waals surface area contributed by atoms with Gasteiger partial charge in [0.1, 0.15) is 6.07 Å². The number of nitriles is 1. The van der Waals surface area contributed by atoms with Crippen LogP contribution in [0, 0.1) is 17.2 Å². The Balaban J connectivity index is 1.40. The molecule has 2 atom stereocenters. The summed E-state index contributed by atoms with van der Waals surface area (Å²) in [6.07, 6.45) is 5.15. The molecule has 2 fully saturated rings. The molecular formula is C22H23N7O. The van der Waals surface area contributed by atoms with Gasteiger partial charge in [0.25, 0.3) is 0 Å². The van der Waals surface area contributed by atoms with Crippen LogP contribution in [-0.2, 0) is 11.3 Å². The average molecular weight is 401 g/mol. The zero-order valence-electron chi connectivity index (χ0n) is 16.6. The molecule has 1 aromatic carbocycles. The van der Waals surface area contributed by atoms with Crippen molar-refractivity contribution in [2.24, 2.45) is 5.92 Å². The summed E-state index contributed by atoms with van der Waals surface area (Å²) in [6.45, 7) is 4.71. The third-order valence-electron chi connectivity index (χ3n) is 5.78. The van der Waals surface area contributed by atoms with Gasteiger partial charge in [-0.3, -0.25) is 10.00 Å². The number of hydrogen-bond acceptors (Lipinski definition) is 7. The van der Waals surface area contributed by atoms with Crippen LogP contribution in [0.4, 0.5) is 5.82 Å². The molecule has 2 saturated heterocycles. The van der Waals surface area contributed by atoms with E-state index in [1.807, 2.05) is 24.4 Å². The van der Waals surface area contributed by atoms with Crippen LogP contribution >= 0.6 is 0 Å². The molecule has 152 valence electrons. The van der Waals surface area contributed by atoms with E-state index in [2.05, 4.69) is 48.2 Å². The summed E-state index contributed by atoms with van der Waals surface area (Å²) in [5, 5.41) is 17.0. The second kappa shape index (κ2) is 8.22. The predicted octanol–water partition coefficient (Wildman–Crippen LogP) is 2.08. The number of H-pyrrole nitrogens is 1. The Kier molecular flexibility index (Phi) is 5.13. The van der Waals surface area contributed by atoms with Crippen LogP contribution in [0.2, 0.25) is 0 Å². The summed E-state index contributed by atoms with van der Waals surface area (Å²) in [6, 6.07) is 12.6. The zero-order chi connectivity index (χ0) is 20.3. The molecular weight excluding hydrogens is 378 g/mol. The van der Waals surface area contributed by atoms with Crippen molar-refractivity contribution in [1.82, 2.24) is 25.1 Å². The minimum Gasteiger partial charge on any atom is -0.379 e. The van der Waals surface area contributed by atoms with Crippen molar-refractivity contribution >= 4 is 5.82 Å². The highest BCUT2D eigenvalue weighted by Crippen LogP contribution is 2.28. The van der Waals surface area contributed by atoms with Crippen LogP contribution in [0.15, 0.2) is 48.9 Å². The number of aromatic amines is 1. The molecule has 0 spiro atoms. The van der Waals surface area contributed by atoms with E-state index in [0.717, 1.165) is 37.4 Å². The van der Waals surface area contributed by atoms with E-state index in [1.54, 1.807) is 12.4 Å². The van der Waals surface area contributed by atoms with E-state index in [4.69, 9.17) is 4.74 Å². The van der Waals surface area contributed by atoms with Gasteiger partial charge in [0.05, 0.1) is 31.1 Å². The molecule has 2 bridgehead atoms. The SMILES string of the molecule is N#Cc1nccnc1N1C[C@H]2COC[C@@H]1CN(Cc1cn[nH]c1-c1ccccc1)C2. The lowest BCUT2D eigenvalue weighted by molar-refractivity contribution is 0.0627. The molecule has 30 heavy (non-hydrogen) atoms. The molecule has 0 unspecified atom stereocenters. The van der Waals surface area contributed by atoms with Gasteiger partial charge in [-0.25, -0.2) is 9.97 Å². The van der Waals surface area contributed by atoms with Gasteiger partial charge in [-0.15, -0.1) is 0 Å². The van der Waals surface area contributed by atoms with Gasteiger partial charge in [-0.2, -0.15) is 10.4 Å². The number of benzene rings is 1. The van der Waals surface area contributed by atoms with E-state index < -0.39 is 0 Å². The first-order valence-corrected chi connectivity index (χ1v) is 10.2. The summed E-state index contributed by atoms with van der Waals surface area (Å²) < 4.78 is 5.95. The van der Waals surface area contributed by atoms with Crippen LogP contribution in [0.3, 0.4) is 0 Å². The third kappa shape index (κ3) is 3.65. The third-order valence-corrected chi connectivity index (χ3v) is 5.78. The fourth-order valence-corrected chi connectivity index (χ4v) is 4.47. The van der Waals surface area contributed by atoms with Crippen LogP contribution in [0.25, 0.3) is 11.3 Å². The zero-order valence-corrected chi connectivity index (χ0v) is 16.6. The molecule has 0 aliphatic carbocycles. The van der Waals surface area contributed by atoms with Gasteiger partial charge in [0.2, 0.25) is 0 Å². The molecule has 4 heterocycles. The smallest absolute Gasteiger partial charge is 0.183 e. The minimum absolute atomic E-state index is 0.119. The molecule has 2 aliphatic heterocycles. The first-order valence-electron chi connectivity index (χ1n) is 10.2. The maximum absolute atomic E-state index is 9.49. The Hall–Kier alpha value is -3.28. The van der Waals surface area contributed by atoms with Gasteiger partial charge >= 0.3 is 0 Å². The second-order valence-corrected chi connectivity index (χ2v) is 7.88. The van der Waals surface area contributed by atoms with Gasteiger partial charge < -0.3 is 9.64 Å². The number of nitrogens with zero attached hydrogens (tertiary/aromatic N) is 6. The first kappa shape index (κ1) is 18.7. The number of rotatable bonds is 4. The molecule has 0 amide bonds. The maximum Gasteiger partial charge on any atom is 0.183 e. The second-order valence-electron chi connectivity index (χ2n) is 7.88. The first-order chi connectivity index (χ1) is 14.8. The summed E-state index contributed by atoms with van der Waals surface area (Å²) in [7, 11) is 0. The van der Waals surface area contributed by atoms with Crippen molar-refractivity contribution in [1.29, 1.82) is 5.26 Å². The number of fused-ring (bicyclic) bond motifs is 3. The van der Waals surface area contributed by atoms with Gasteiger partial charge in [-0.1, -0.05) is 30.3 Å². The molecule has 2 aromatic heterocycles. The lowest BCUT2D eigenvalue weighted by atomic mass is 10.1. The molecule has 8 nitrogen and oxygen atoms in total. The van der Waals surface area contributed by atoms with Crippen molar-refractivity contribution in [3.8, 4) is 17.3 Å². The average Bonchev–Trinajstić information content (AvgIpc) is 3.05. The Bertz CT molecular complexity index is 1040. The molecule has 2 aliphatic rings. The number of aromatic nitrogens is 4. The van der Waals surface area contributed by atoms with E-state index >= 15 is 0 Å². The summed E-state index contributed by atoms with van der Waals surface area (Å²) >= 11 is 0. The van der Waals surface area contributed by atoms with Crippen LogP contribution in [-0.4, -0.2) is 64.0 Å². The van der Waals surface area contributed by atoms with E-state index in [9.17, 15) is 5.26 Å². The van der Waals surface area contributed by atoms with Crippen molar-refractivity contribution in [3.63, 3.8) is 0 Å². The highest BCUT2D eigenvalue weighted by atomic mass is 16.5. The van der Waals surface area contributed by atoms with Gasteiger partial charge in [0, 0.05) is 50.1 Å². The fourth-order valence-electron chi connectivity index (χ4n) is 4.47. The number of hydrogen-bond donors (Lipinski definition) is 1. The quantitative estimate of drug-likeness (QED) is 0.715. The van der Waals surface area contributed by atoms with Crippen LogP contribution in [0.1, 0.15) is 11.3 Å². The Morgan fingerprint density at radius 1 is 1.10 bits per heavy atom. The van der Waals surface area contributed by atoms with Crippen molar-refractivity contribution in [2.75, 3.05) is 37.7 Å². The lowest BCUT2D eigenvalue weighted by Crippen LogP contribution is -2.44. The van der Waals surface area contributed by atoms with Crippen molar-refractivity contribution in [3.05, 3.63) is 60.2 Å². The van der Waals surface area contributed by atoms with Crippen molar-refractivity contribution in [2.45, 2.75) is 12.6 Å². The summed E-state index contributed by atoms with van der Waals surface area (Å²) in [4.78, 5) is 13.4.